The number of hydrogen-bond acceptors (Lipinski definition) is 2. The molecule has 0 heterocycles. The van der Waals surface area contributed by atoms with Crippen LogP contribution in [0.1, 0.15) is 18.5 Å². The van der Waals surface area contributed by atoms with Gasteiger partial charge in [0.2, 0.25) is 0 Å². The summed E-state index contributed by atoms with van der Waals surface area (Å²) in [5, 5.41) is 0. The SMILES string of the molecule is COc1cc(Br)c(F)cc1[C@H](C)N. The summed E-state index contributed by atoms with van der Waals surface area (Å²) < 4.78 is 18.5. The van der Waals surface area contributed by atoms with Crippen molar-refractivity contribution in [3.05, 3.63) is 28.0 Å². The number of methoxy groups -OCH3 is 1. The average Bonchev–Trinajstić information content (AvgIpc) is 2.08. The van der Waals surface area contributed by atoms with Gasteiger partial charge < -0.3 is 10.5 Å². The monoisotopic (exact) mass is 247 g/mol. The highest BCUT2D eigenvalue weighted by Gasteiger charge is 2.11. The van der Waals surface area contributed by atoms with Crippen molar-refractivity contribution in [3.8, 4) is 5.75 Å². The van der Waals surface area contributed by atoms with Crippen molar-refractivity contribution in [1.29, 1.82) is 0 Å². The molecule has 0 bridgehead atoms. The normalized spacial score (nSPS) is 12.7. The summed E-state index contributed by atoms with van der Waals surface area (Å²) in [4.78, 5) is 0. The first-order valence-corrected chi connectivity index (χ1v) is 4.64. The Kier molecular flexibility index (Phi) is 3.27. The largest absolute Gasteiger partial charge is 0.496 e. The third kappa shape index (κ3) is 2.19. The van der Waals surface area contributed by atoms with Crippen molar-refractivity contribution in [2.45, 2.75) is 13.0 Å². The molecule has 0 aliphatic heterocycles. The molecule has 0 aliphatic rings. The van der Waals surface area contributed by atoms with Crippen LogP contribution in [-0.2, 0) is 0 Å². The molecule has 4 heteroatoms. The van der Waals surface area contributed by atoms with Gasteiger partial charge in [-0.15, -0.1) is 0 Å². The Morgan fingerprint density at radius 1 is 1.54 bits per heavy atom. The zero-order valence-corrected chi connectivity index (χ0v) is 9.06. The van der Waals surface area contributed by atoms with Crippen molar-refractivity contribution in [2.75, 3.05) is 7.11 Å². The molecular weight excluding hydrogens is 237 g/mol. The van der Waals surface area contributed by atoms with Crippen LogP contribution in [0.4, 0.5) is 4.39 Å². The lowest BCUT2D eigenvalue weighted by atomic mass is 10.1. The third-order valence-corrected chi connectivity index (χ3v) is 2.37. The topological polar surface area (TPSA) is 35.2 Å². The van der Waals surface area contributed by atoms with Crippen molar-refractivity contribution in [1.82, 2.24) is 0 Å². The molecule has 0 amide bonds. The lowest BCUT2D eigenvalue weighted by Crippen LogP contribution is -2.07. The van der Waals surface area contributed by atoms with Crippen LogP contribution in [0.2, 0.25) is 0 Å². The van der Waals surface area contributed by atoms with E-state index >= 15 is 0 Å². The second-order valence-electron chi connectivity index (χ2n) is 2.80. The Morgan fingerprint density at radius 3 is 2.62 bits per heavy atom. The Morgan fingerprint density at radius 2 is 2.15 bits per heavy atom. The second kappa shape index (κ2) is 4.07. The minimum absolute atomic E-state index is 0.238. The van der Waals surface area contributed by atoms with E-state index in [1.165, 1.54) is 13.2 Å². The van der Waals surface area contributed by atoms with Gasteiger partial charge in [0.05, 0.1) is 11.6 Å². The first kappa shape index (κ1) is 10.5. The molecule has 72 valence electrons. The van der Waals surface area contributed by atoms with Crippen molar-refractivity contribution in [2.24, 2.45) is 5.73 Å². The number of benzene rings is 1. The summed E-state index contributed by atoms with van der Waals surface area (Å²) in [5.41, 5.74) is 6.32. The van der Waals surface area contributed by atoms with Gasteiger partial charge in [0.25, 0.3) is 0 Å². The maximum absolute atomic E-state index is 13.1. The molecular formula is C9H11BrFNO. The standard InChI is InChI=1S/C9H11BrFNO/c1-5(12)6-3-8(11)7(10)4-9(6)13-2/h3-5H,12H2,1-2H3/t5-/m0/s1. The molecule has 0 saturated heterocycles. The number of rotatable bonds is 2. The Balaban J connectivity index is 3.25. The highest BCUT2D eigenvalue weighted by molar-refractivity contribution is 9.10. The summed E-state index contributed by atoms with van der Waals surface area (Å²) in [6.07, 6.45) is 0. The molecule has 0 radical (unpaired) electrons. The first-order valence-electron chi connectivity index (χ1n) is 3.84. The zero-order valence-electron chi connectivity index (χ0n) is 7.47. The van der Waals surface area contributed by atoms with Gasteiger partial charge in [-0.1, -0.05) is 0 Å². The molecule has 1 aromatic rings. The van der Waals surface area contributed by atoms with Crippen molar-refractivity contribution in [3.63, 3.8) is 0 Å². The van der Waals surface area contributed by atoms with Gasteiger partial charge in [0.1, 0.15) is 11.6 Å². The smallest absolute Gasteiger partial charge is 0.137 e. The number of halogens is 2. The molecule has 0 saturated carbocycles. The van der Waals surface area contributed by atoms with Crippen LogP contribution in [0.25, 0.3) is 0 Å². The molecule has 2 N–H and O–H groups in total. The van der Waals surface area contributed by atoms with Gasteiger partial charge in [-0.05, 0) is 35.0 Å². The number of hydrogen-bond donors (Lipinski definition) is 1. The van der Waals surface area contributed by atoms with Crippen LogP contribution < -0.4 is 10.5 Å². The highest BCUT2D eigenvalue weighted by Crippen LogP contribution is 2.29. The number of nitrogens with two attached hydrogens (primary N) is 1. The van der Waals surface area contributed by atoms with E-state index in [1.54, 1.807) is 13.0 Å². The predicted octanol–water partition coefficient (Wildman–Crippen LogP) is 2.62. The van der Waals surface area contributed by atoms with Crippen LogP contribution in [0.3, 0.4) is 0 Å². The molecule has 0 aliphatic carbocycles. The summed E-state index contributed by atoms with van der Waals surface area (Å²) in [5.74, 6) is 0.274. The van der Waals surface area contributed by atoms with Gasteiger partial charge in [0.15, 0.2) is 0 Å². The minimum atomic E-state index is -0.326. The zero-order chi connectivity index (χ0) is 10.0. The second-order valence-corrected chi connectivity index (χ2v) is 3.65. The van der Waals surface area contributed by atoms with E-state index in [2.05, 4.69) is 15.9 Å². The highest BCUT2D eigenvalue weighted by atomic mass is 79.9. The lowest BCUT2D eigenvalue weighted by molar-refractivity contribution is 0.405. The quantitative estimate of drug-likeness (QED) is 0.873. The van der Waals surface area contributed by atoms with Gasteiger partial charge in [-0.2, -0.15) is 0 Å². The Labute approximate surface area is 85.0 Å². The molecule has 2 nitrogen and oxygen atoms in total. The summed E-state index contributed by atoms with van der Waals surface area (Å²) in [6, 6.07) is 2.72. The third-order valence-electron chi connectivity index (χ3n) is 1.76. The molecule has 1 rings (SSSR count). The van der Waals surface area contributed by atoms with E-state index in [4.69, 9.17) is 10.5 Å². The fraction of sp³-hybridized carbons (Fsp3) is 0.333. The van der Waals surface area contributed by atoms with E-state index in [0.29, 0.717) is 15.8 Å². The van der Waals surface area contributed by atoms with E-state index in [0.717, 1.165) is 0 Å². The van der Waals surface area contributed by atoms with E-state index in [9.17, 15) is 4.39 Å². The summed E-state index contributed by atoms with van der Waals surface area (Å²) in [7, 11) is 1.53. The van der Waals surface area contributed by atoms with Crippen LogP contribution in [0, 0.1) is 5.82 Å². The predicted molar refractivity (Wildman–Crippen MR) is 53.3 cm³/mol. The molecule has 0 fully saturated rings. The van der Waals surface area contributed by atoms with Gasteiger partial charge in [-0.25, -0.2) is 4.39 Å². The molecule has 13 heavy (non-hydrogen) atoms. The molecule has 0 aromatic heterocycles. The van der Waals surface area contributed by atoms with E-state index < -0.39 is 0 Å². The summed E-state index contributed by atoms with van der Waals surface area (Å²) in [6.45, 7) is 1.78. The van der Waals surface area contributed by atoms with E-state index in [-0.39, 0.29) is 11.9 Å². The lowest BCUT2D eigenvalue weighted by Gasteiger charge is -2.12. The average molecular weight is 248 g/mol. The Hall–Kier alpha value is -0.610. The van der Waals surface area contributed by atoms with Gasteiger partial charge >= 0.3 is 0 Å². The minimum Gasteiger partial charge on any atom is -0.496 e. The van der Waals surface area contributed by atoms with Gasteiger partial charge in [0, 0.05) is 11.6 Å². The Bertz CT molecular complexity index is 315. The molecule has 1 atom stereocenters. The number of ether oxygens (including phenoxy) is 1. The van der Waals surface area contributed by atoms with E-state index in [1.807, 2.05) is 0 Å². The molecule has 0 unspecified atom stereocenters. The van der Waals surface area contributed by atoms with Crippen molar-refractivity contribution < 1.29 is 9.13 Å². The fourth-order valence-electron chi connectivity index (χ4n) is 1.08. The fourth-order valence-corrected chi connectivity index (χ4v) is 1.40. The maximum atomic E-state index is 13.1. The van der Waals surface area contributed by atoms with Crippen LogP contribution in [-0.4, -0.2) is 7.11 Å². The van der Waals surface area contributed by atoms with Crippen LogP contribution in [0.5, 0.6) is 5.75 Å². The first-order chi connectivity index (χ1) is 6.06. The molecule has 1 aromatic carbocycles. The van der Waals surface area contributed by atoms with Crippen LogP contribution >= 0.6 is 15.9 Å². The van der Waals surface area contributed by atoms with Crippen molar-refractivity contribution >= 4 is 15.9 Å². The summed E-state index contributed by atoms with van der Waals surface area (Å²) >= 11 is 3.07. The maximum Gasteiger partial charge on any atom is 0.137 e. The van der Waals surface area contributed by atoms with Gasteiger partial charge in [-0.3, -0.25) is 0 Å². The molecule has 0 spiro atoms. The van der Waals surface area contributed by atoms with Crippen LogP contribution in [0.15, 0.2) is 16.6 Å².